The molecule has 2 N–H and O–H groups in total. The van der Waals surface area contributed by atoms with Gasteiger partial charge in [-0.3, -0.25) is 0 Å². The van der Waals surface area contributed by atoms with E-state index in [-0.39, 0.29) is 0 Å². The van der Waals surface area contributed by atoms with Gasteiger partial charge in [-0.15, -0.1) is 0 Å². The molecule has 96 valence electrons. The number of fused-ring (bicyclic) bond motifs is 1. The van der Waals surface area contributed by atoms with Crippen molar-refractivity contribution < 1.29 is 9.15 Å². The van der Waals surface area contributed by atoms with E-state index in [0.29, 0.717) is 6.61 Å². The van der Waals surface area contributed by atoms with Crippen molar-refractivity contribution in [1.82, 2.24) is 0 Å². The number of hydrogen-bond acceptors (Lipinski definition) is 3. The molecule has 0 atom stereocenters. The average Bonchev–Trinajstić information content (AvgIpc) is 2.79. The first-order valence-electron chi connectivity index (χ1n) is 5.87. The minimum atomic E-state index is 0.386. The summed E-state index contributed by atoms with van der Waals surface area (Å²) in [4.78, 5) is 0. The van der Waals surface area contributed by atoms with Gasteiger partial charge in [-0.25, -0.2) is 0 Å². The van der Waals surface area contributed by atoms with Crippen LogP contribution >= 0.6 is 15.9 Å². The Balaban J connectivity index is 1.80. The summed E-state index contributed by atoms with van der Waals surface area (Å²) in [6, 6.07) is 15.2. The van der Waals surface area contributed by atoms with E-state index in [4.69, 9.17) is 14.9 Å². The summed E-state index contributed by atoms with van der Waals surface area (Å²) in [7, 11) is 0. The fourth-order valence-electron chi connectivity index (χ4n) is 1.90. The maximum atomic E-state index is 5.74. The van der Waals surface area contributed by atoms with Crippen LogP contribution in [0.15, 0.2) is 57.4 Å². The third-order valence-electron chi connectivity index (χ3n) is 2.80. The molecule has 0 aliphatic carbocycles. The van der Waals surface area contributed by atoms with Crippen molar-refractivity contribution in [2.45, 2.75) is 6.61 Å². The molecule has 4 heteroatoms. The first-order valence-corrected chi connectivity index (χ1v) is 6.67. The molecular weight excluding hydrogens is 306 g/mol. The second kappa shape index (κ2) is 4.97. The molecule has 0 saturated heterocycles. The molecule has 3 nitrogen and oxygen atoms in total. The zero-order chi connectivity index (χ0) is 13.2. The zero-order valence-corrected chi connectivity index (χ0v) is 11.7. The Hall–Kier alpha value is -1.94. The molecule has 1 heterocycles. The summed E-state index contributed by atoms with van der Waals surface area (Å²) < 4.78 is 12.3. The van der Waals surface area contributed by atoms with Gasteiger partial charge in [-0.2, -0.15) is 0 Å². The molecule has 0 saturated carbocycles. The standard InChI is InChI=1S/C15H12BrNO2/c16-13-3-1-2-4-15(13)18-9-12-8-10-7-11(17)5-6-14(10)19-12/h1-8H,9,17H2. The summed E-state index contributed by atoms with van der Waals surface area (Å²) in [5, 5.41) is 0.991. The molecule has 0 fully saturated rings. The van der Waals surface area contributed by atoms with Gasteiger partial charge in [0.25, 0.3) is 0 Å². The third kappa shape index (κ3) is 2.58. The topological polar surface area (TPSA) is 48.4 Å². The molecule has 2 aromatic carbocycles. The lowest BCUT2D eigenvalue weighted by atomic mass is 10.2. The summed E-state index contributed by atoms with van der Waals surface area (Å²) in [6.07, 6.45) is 0. The highest BCUT2D eigenvalue weighted by Gasteiger charge is 2.06. The van der Waals surface area contributed by atoms with Gasteiger partial charge in [-0.1, -0.05) is 12.1 Å². The molecule has 0 aliphatic heterocycles. The lowest BCUT2D eigenvalue weighted by Gasteiger charge is -2.05. The predicted molar refractivity (Wildman–Crippen MR) is 79.1 cm³/mol. The monoisotopic (exact) mass is 317 g/mol. The molecule has 0 aliphatic rings. The lowest BCUT2D eigenvalue weighted by Crippen LogP contribution is -1.93. The lowest BCUT2D eigenvalue weighted by molar-refractivity contribution is 0.273. The number of rotatable bonds is 3. The van der Waals surface area contributed by atoms with E-state index in [1.165, 1.54) is 0 Å². The van der Waals surface area contributed by atoms with E-state index in [1.807, 2.05) is 48.5 Å². The first-order chi connectivity index (χ1) is 9.22. The highest BCUT2D eigenvalue weighted by atomic mass is 79.9. The number of halogens is 1. The molecule has 0 spiro atoms. The Morgan fingerprint density at radius 3 is 2.79 bits per heavy atom. The van der Waals surface area contributed by atoms with E-state index in [0.717, 1.165) is 32.6 Å². The fourth-order valence-corrected chi connectivity index (χ4v) is 2.30. The quantitative estimate of drug-likeness (QED) is 0.730. The average molecular weight is 318 g/mol. The van der Waals surface area contributed by atoms with Gasteiger partial charge in [0.2, 0.25) is 0 Å². The van der Waals surface area contributed by atoms with Crippen molar-refractivity contribution >= 4 is 32.6 Å². The molecule has 3 rings (SSSR count). The Bertz CT molecular complexity index is 721. The Morgan fingerprint density at radius 1 is 1.11 bits per heavy atom. The van der Waals surface area contributed by atoms with Crippen molar-refractivity contribution in [2.75, 3.05) is 5.73 Å². The van der Waals surface area contributed by atoms with E-state index in [2.05, 4.69) is 15.9 Å². The number of ether oxygens (including phenoxy) is 1. The van der Waals surface area contributed by atoms with Crippen LogP contribution < -0.4 is 10.5 Å². The van der Waals surface area contributed by atoms with Gasteiger partial charge in [0.05, 0.1) is 4.47 Å². The van der Waals surface area contributed by atoms with Crippen LogP contribution in [0.3, 0.4) is 0 Å². The zero-order valence-electron chi connectivity index (χ0n) is 10.1. The van der Waals surface area contributed by atoms with Gasteiger partial charge in [0, 0.05) is 11.1 Å². The van der Waals surface area contributed by atoms with Gasteiger partial charge >= 0.3 is 0 Å². The Morgan fingerprint density at radius 2 is 1.95 bits per heavy atom. The predicted octanol–water partition coefficient (Wildman–Crippen LogP) is 4.36. The number of benzene rings is 2. The van der Waals surface area contributed by atoms with Crippen molar-refractivity contribution in [3.63, 3.8) is 0 Å². The van der Waals surface area contributed by atoms with Gasteiger partial charge in [0.15, 0.2) is 0 Å². The summed E-state index contributed by atoms with van der Waals surface area (Å²) >= 11 is 3.44. The first kappa shape index (κ1) is 12.1. The molecule has 0 bridgehead atoms. The Labute approximate surface area is 119 Å². The SMILES string of the molecule is Nc1ccc2oc(COc3ccccc3Br)cc2c1. The number of anilines is 1. The van der Waals surface area contributed by atoms with Crippen LogP contribution in [0.1, 0.15) is 5.76 Å². The van der Waals surface area contributed by atoms with Crippen molar-refractivity contribution in [3.05, 3.63) is 58.8 Å². The van der Waals surface area contributed by atoms with Crippen molar-refractivity contribution in [3.8, 4) is 5.75 Å². The van der Waals surface area contributed by atoms with Crippen LogP contribution in [0.5, 0.6) is 5.75 Å². The van der Waals surface area contributed by atoms with E-state index in [1.54, 1.807) is 0 Å². The maximum Gasteiger partial charge on any atom is 0.146 e. The highest BCUT2D eigenvalue weighted by Crippen LogP contribution is 2.26. The third-order valence-corrected chi connectivity index (χ3v) is 3.45. The number of nitrogens with two attached hydrogens (primary N) is 1. The number of para-hydroxylation sites is 1. The fraction of sp³-hybridized carbons (Fsp3) is 0.0667. The molecule has 3 aromatic rings. The van der Waals surface area contributed by atoms with Crippen LogP contribution in [0.2, 0.25) is 0 Å². The highest BCUT2D eigenvalue weighted by molar-refractivity contribution is 9.10. The number of nitrogen functional groups attached to an aromatic ring is 1. The summed E-state index contributed by atoms with van der Waals surface area (Å²) in [5.41, 5.74) is 7.29. The largest absolute Gasteiger partial charge is 0.484 e. The van der Waals surface area contributed by atoms with E-state index in [9.17, 15) is 0 Å². The summed E-state index contributed by atoms with van der Waals surface area (Å²) in [5.74, 6) is 1.57. The van der Waals surface area contributed by atoms with Gasteiger partial charge < -0.3 is 14.9 Å². The van der Waals surface area contributed by atoms with Gasteiger partial charge in [-0.05, 0) is 52.3 Å². The molecule has 1 aromatic heterocycles. The van der Waals surface area contributed by atoms with Gasteiger partial charge in [0.1, 0.15) is 23.7 Å². The molecule has 19 heavy (non-hydrogen) atoms. The maximum absolute atomic E-state index is 5.74. The Kier molecular flexibility index (Phi) is 3.17. The number of hydrogen-bond donors (Lipinski definition) is 1. The minimum Gasteiger partial charge on any atom is -0.484 e. The van der Waals surface area contributed by atoms with Crippen LogP contribution in [-0.2, 0) is 6.61 Å². The second-order valence-electron chi connectivity index (χ2n) is 4.23. The smallest absolute Gasteiger partial charge is 0.146 e. The molecule has 0 amide bonds. The van der Waals surface area contributed by atoms with E-state index >= 15 is 0 Å². The normalized spacial score (nSPS) is 10.8. The van der Waals surface area contributed by atoms with Crippen molar-refractivity contribution in [2.24, 2.45) is 0 Å². The summed E-state index contributed by atoms with van der Waals surface area (Å²) in [6.45, 7) is 0.386. The van der Waals surface area contributed by atoms with Crippen LogP contribution in [0.25, 0.3) is 11.0 Å². The number of furan rings is 1. The van der Waals surface area contributed by atoms with Crippen molar-refractivity contribution in [1.29, 1.82) is 0 Å². The minimum absolute atomic E-state index is 0.386. The van der Waals surface area contributed by atoms with Crippen LogP contribution in [0, 0.1) is 0 Å². The van der Waals surface area contributed by atoms with Crippen LogP contribution in [-0.4, -0.2) is 0 Å². The van der Waals surface area contributed by atoms with Crippen LogP contribution in [0.4, 0.5) is 5.69 Å². The van der Waals surface area contributed by atoms with E-state index < -0.39 is 0 Å². The molecular formula is C15H12BrNO2. The molecule has 0 radical (unpaired) electrons. The molecule has 0 unspecified atom stereocenters. The second-order valence-corrected chi connectivity index (χ2v) is 5.08.